The monoisotopic (exact) mass is 352 g/mol. The first kappa shape index (κ1) is 16.8. The van der Waals surface area contributed by atoms with Gasteiger partial charge in [-0.25, -0.2) is 0 Å². The summed E-state index contributed by atoms with van der Waals surface area (Å²) >= 11 is 12.2. The van der Waals surface area contributed by atoms with Crippen molar-refractivity contribution in [3.05, 3.63) is 106 Å². The standard InChI is InChI=1S/C22H18Cl2/c1-2-21(16-6-4-3-5-7-16)22(17-8-12-19(23)13-9-17)18-10-14-20(24)15-11-18/h3-15H,2H2,1H3. The number of rotatable bonds is 4. The van der Waals surface area contributed by atoms with Gasteiger partial charge in [-0.1, -0.05) is 84.7 Å². The summed E-state index contributed by atoms with van der Waals surface area (Å²) in [6, 6.07) is 26.5. The molecule has 3 aromatic carbocycles. The fourth-order valence-corrected chi connectivity index (χ4v) is 3.16. The molecule has 0 amide bonds. The van der Waals surface area contributed by atoms with E-state index in [2.05, 4.69) is 55.5 Å². The molecule has 3 aromatic rings. The first-order valence-corrected chi connectivity index (χ1v) is 8.75. The molecule has 0 aromatic heterocycles. The van der Waals surface area contributed by atoms with Crippen LogP contribution in [-0.4, -0.2) is 0 Å². The van der Waals surface area contributed by atoms with E-state index in [1.54, 1.807) is 0 Å². The highest BCUT2D eigenvalue weighted by atomic mass is 35.5. The molecule has 0 bridgehead atoms. The maximum absolute atomic E-state index is 6.08. The lowest BCUT2D eigenvalue weighted by Crippen LogP contribution is -1.94. The molecule has 2 heteroatoms. The Morgan fingerprint density at radius 1 is 0.625 bits per heavy atom. The van der Waals surface area contributed by atoms with Crippen LogP contribution in [0.2, 0.25) is 10.0 Å². The molecule has 0 saturated carbocycles. The van der Waals surface area contributed by atoms with Crippen LogP contribution in [0.25, 0.3) is 11.1 Å². The van der Waals surface area contributed by atoms with Crippen molar-refractivity contribution in [1.82, 2.24) is 0 Å². The third kappa shape index (κ3) is 3.72. The minimum Gasteiger partial charge on any atom is -0.0843 e. The molecule has 0 aliphatic rings. The highest BCUT2D eigenvalue weighted by Crippen LogP contribution is 2.35. The van der Waals surface area contributed by atoms with Crippen molar-refractivity contribution < 1.29 is 0 Å². The summed E-state index contributed by atoms with van der Waals surface area (Å²) in [7, 11) is 0. The normalized spacial score (nSPS) is 10.5. The Morgan fingerprint density at radius 2 is 1.08 bits per heavy atom. The fourth-order valence-electron chi connectivity index (χ4n) is 2.91. The molecule has 0 saturated heterocycles. The molecule has 0 N–H and O–H groups in total. The number of allylic oxidation sites excluding steroid dienone is 1. The van der Waals surface area contributed by atoms with Gasteiger partial charge in [0.25, 0.3) is 0 Å². The smallest absolute Gasteiger partial charge is 0.0406 e. The summed E-state index contributed by atoms with van der Waals surface area (Å²) in [5, 5.41) is 1.49. The first-order valence-electron chi connectivity index (χ1n) is 7.99. The molecule has 0 unspecified atom stereocenters. The molecular formula is C22H18Cl2. The van der Waals surface area contributed by atoms with Crippen molar-refractivity contribution in [2.45, 2.75) is 13.3 Å². The third-order valence-electron chi connectivity index (χ3n) is 4.04. The van der Waals surface area contributed by atoms with Crippen molar-refractivity contribution in [3.8, 4) is 0 Å². The van der Waals surface area contributed by atoms with Gasteiger partial charge in [0, 0.05) is 10.0 Å². The van der Waals surface area contributed by atoms with E-state index in [-0.39, 0.29) is 0 Å². The van der Waals surface area contributed by atoms with Crippen molar-refractivity contribution >= 4 is 34.3 Å². The van der Waals surface area contributed by atoms with Gasteiger partial charge in [-0.05, 0) is 58.5 Å². The van der Waals surface area contributed by atoms with Crippen LogP contribution in [-0.2, 0) is 0 Å². The molecule has 0 fully saturated rings. The number of benzene rings is 3. The second-order valence-corrected chi connectivity index (χ2v) is 6.46. The van der Waals surface area contributed by atoms with Gasteiger partial charge in [0.05, 0.1) is 0 Å². The van der Waals surface area contributed by atoms with Gasteiger partial charge in [0.2, 0.25) is 0 Å². The average molecular weight is 353 g/mol. The van der Waals surface area contributed by atoms with E-state index in [1.807, 2.05) is 30.3 Å². The topological polar surface area (TPSA) is 0 Å². The van der Waals surface area contributed by atoms with Crippen LogP contribution in [0.15, 0.2) is 78.9 Å². The van der Waals surface area contributed by atoms with Gasteiger partial charge in [0.1, 0.15) is 0 Å². The van der Waals surface area contributed by atoms with Crippen molar-refractivity contribution in [3.63, 3.8) is 0 Å². The second kappa shape index (κ2) is 7.70. The zero-order valence-corrected chi connectivity index (χ0v) is 15.0. The Labute approximate surface area is 153 Å². The Kier molecular flexibility index (Phi) is 5.40. The summed E-state index contributed by atoms with van der Waals surface area (Å²) in [6.45, 7) is 2.19. The lowest BCUT2D eigenvalue weighted by atomic mass is 9.88. The van der Waals surface area contributed by atoms with Crippen LogP contribution in [0.4, 0.5) is 0 Å². The van der Waals surface area contributed by atoms with E-state index in [4.69, 9.17) is 23.2 Å². The van der Waals surface area contributed by atoms with E-state index in [0.717, 1.165) is 27.6 Å². The maximum Gasteiger partial charge on any atom is 0.0406 e. The van der Waals surface area contributed by atoms with Gasteiger partial charge in [-0.15, -0.1) is 0 Å². The zero-order chi connectivity index (χ0) is 16.9. The molecule has 120 valence electrons. The zero-order valence-electron chi connectivity index (χ0n) is 13.5. The van der Waals surface area contributed by atoms with Gasteiger partial charge >= 0.3 is 0 Å². The lowest BCUT2D eigenvalue weighted by Gasteiger charge is -2.16. The fraction of sp³-hybridized carbons (Fsp3) is 0.0909. The van der Waals surface area contributed by atoms with E-state index < -0.39 is 0 Å². The molecule has 0 heterocycles. The van der Waals surface area contributed by atoms with Gasteiger partial charge < -0.3 is 0 Å². The minimum atomic E-state index is 0.743. The quantitative estimate of drug-likeness (QED) is 0.430. The van der Waals surface area contributed by atoms with Gasteiger partial charge in [0.15, 0.2) is 0 Å². The molecule has 24 heavy (non-hydrogen) atoms. The minimum absolute atomic E-state index is 0.743. The van der Waals surface area contributed by atoms with Gasteiger partial charge in [-0.3, -0.25) is 0 Å². The van der Waals surface area contributed by atoms with Crippen molar-refractivity contribution in [2.75, 3.05) is 0 Å². The molecule has 0 aliphatic heterocycles. The molecule has 0 atom stereocenters. The summed E-state index contributed by atoms with van der Waals surface area (Å²) in [6.07, 6.45) is 0.935. The van der Waals surface area contributed by atoms with Crippen LogP contribution in [0.3, 0.4) is 0 Å². The maximum atomic E-state index is 6.08. The lowest BCUT2D eigenvalue weighted by molar-refractivity contribution is 1.24. The molecular weight excluding hydrogens is 335 g/mol. The van der Waals surface area contributed by atoms with E-state index in [9.17, 15) is 0 Å². The molecule has 0 radical (unpaired) electrons. The molecule has 0 nitrogen and oxygen atoms in total. The van der Waals surface area contributed by atoms with Crippen LogP contribution in [0.1, 0.15) is 30.0 Å². The first-order chi connectivity index (χ1) is 11.7. The van der Waals surface area contributed by atoms with Crippen LogP contribution in [0, 0.1) is 0 Å². The molecule has 3 rings (SSSR count). The van der Waals surface area contributed by atoms with Crippen LogP contribution in [0.5, 0.6) is 0 Å². The predicted octanol–water partition coefficient (Wildman–Crippen LogP) is 7.36. The predicted molar refractivity (Wildman–Crippen MR) is 106 cm³/mol. The second-order valence-electron chi connectivity index (χ2n) is 5.59. The van der Waals surface area contributed by atoms with Gasteiger partial charge in [-0.2, -0.15) is 0 Å². The molecule has 0 spiro atoms. The van der Waals surface area contributed by atoms with E-state index in [0.29, 0.717) is 0 Å². The summed E-state index contributed by atoms with van der Waals surface area (Å²) in [5.74, 6) is 0. The Balaban J connectivity index is 2.26. The van der Waals surface area contributed by atoms with Crippen LogP contribution >= 0.6 is 23.2 Å². The number of hydrogen-bond acceptors (Lipinski definition) is 0. The van der Waals surface area contributed by atoms with E-state index >= 15 is 0 Å². The van der Waals surface area contributed by atoms with Crippen molar-refractivity contribution in [1.29, 1.82) is 0 Å². The van der Waals surface area contributed by atoms with Crippen LogP contribution < -0.4 is 0 Å². The summed E-state index contributed by atoms with van der Waals surface area (Å²) in [4.78, 5) is 0. The largest absolute Gasteiger partial charge is 0.0843 e. The van der Waals surface area contributed by atoms with Crippen molar-refractivity contribution in [2.24, 2.45) is 0 Å². The Hall–Kier alpha value is -2.02. The number of hydrogen-bond donors (Lipinski definition) is 0. The highest BCUT2D eigenvalue weighted by Gasteiger charge is 2.12. The molecule has 0 aliphatic carbocycles. The number of halogens is 2. The Morgan fingerprint density at radius 3 is 1.50 bits per heavy atom. The van der Waals surface area contributed by atoms with E-state index in [1.165, 1.54) is 16.7 Å². The summed E-state index contributed by atoms with van der Waals surface area (Å²) < 4.78 is 0. The summed E-state index contributed by atoms with van der Waals surface area (Å²) in [5.41, 5.74) is 6.07. The third-order valence-corrected chi connectivity index (χ3v) is 4.55. The highest BCUT2D eigenvalue weighted by molar-refractivity contribution is 6.31. The Bertz CT molecular complexity index is 782. The average Bonchev–Trinajstić information content (AvgIpc) is 2.62. The SMILES string of the molecule is CCC(=C(c1ccc(Cl)cc1)c1ccc(Cl)cc1)c1ccccc1.